The second kappa shape index (κ2) is 5.68. The molecule has 3 aliphatic rings. The zero-order valence-electron chi connectivity index (χ0n) is 13.6. The number of anilines is 2. The van der Waals surface area contributed by atoms with Gasteiger partial charge in [0.15, 0.2) is 0 Å². The lowest BCUT2D eigenvalue weighted by Gasteiger charge is -2.42. The van der Waals surface area contributed by atoms with Gasteiger partial charge in [0.25, 0.3) is 0 Å². The average molecular weight is 321 g/mol. The van der Waals surface area contributed by atoms with Gasteiger partial charge in [0, 0.05) is 42.4 Å². The average Bonchev–Trinajstić information content (AvgIpc) is 2.62. The molecule has 1 fully saturated rings. The summed E-state index contributed by atoms with van der Waals surface area (Å²) in [7, 11) is 0. The maximum Gasteiger partial charge on any atom is 0.213 e. The first-order valence-electron chi connectivity index (χ1n) is 8.30. The summed E-state index contributed by atoms with van der Waals surface area (Å²) in [6, 6.07) is 6.01. The molecule has 2 aromatic heterocycles. The number of nitrogens with zero attached hydrogens (tertiary/aromatic N) is 4. The zero-order chi connectivity index (χ0) is 16.7. The number of hydrogen-bond donors (Lipinski definition) is 1. The molecule has 0 spiro atoms. The summed E-state index contributed by atoms with van der Waals surface area (Å²) >= 11 is 0. The number of pyridine rings is 2. The molecule has 0 amide bonds. The molecule has 2 N–H and O–H groups in total. The molecule has 3 aliphatic heterocycles. The van der Waals surface area contributed by atoms with E-state index >= 15 is 0 Å². The number of fused-ring (bicyclic) bond motifs is 2. The van der Waals surface area contributed by atoms with Crippen molar-refractivity contribution in [1.29, 1.82) is 5.26 Å². The van der Waals surface area contributed by atoms with Gasteiger partial charge in [0.05, 0.1) is 18.0 Å². The van der Waals surface area contributed by atoms with Crippen LogP contribution in [-0.2, 0) is 0 Å². The van der Waals surface area contributed by atoms with Gasteiger partial charge >= 0.3 is 0 Å². The number of nitriles is 1. The van der Waals surface area contributed by atoms with Crippen LogP contribution in [0.15, 0.2) is 18.3 Å². The monoisotopic (exact) mass is 321 g/mol. The first-order chi connectivity index (χ1) is 11.7. The van der Waals surface area contributed by atoms with Gasteiger partial charge in [-0.05, 0) is 25.8 Å². The van der Waals surface area contributed by atoms with Crippen LogP contribution >= 0.6 is 0 Å². The van der Waals surface area contributed by atoms with Crippen molar-refractivity contribution in [2.75, 3.05) is 30.3 Å². The molecular weight excluding hydrogens is 302 g/mol. The summed E-state index contributed by atoms with van der Waals surface area (Å²) in [5.41, 5.74) is 10.4. The molecule has 5 rings (SSSR count). The van der Waals surface area contributed by atoms with Gasteiger partial charge in [0.1, 0.15) is 17.5 Å². The summed E-state index contributed by atoms with van der Waals surface area (Å²) < 4.78 is 5.42. The Hall–Kier alpha value is -2.81. The van der Waals surface area contributed by atoms with Crippen molar-refractivity contribution < 1.29 is 4.74 Å². The Morgan fingerprint density at radius 3 is 2.79 bits per heavy atom. The fraction of sp³-hybridized carbons (Fsp3) is 0.389. The zero-order valence-corrected chi connectivity index (χ0v) is 13.6. The number of rotatable bonds is 3. The lowest BCUT2D eigenvalue weighted by molar-refractivity contribution is 0.327. The molecule has 24 heavy (non-hydrogen) atoms. The van der Waals surface area contributed by atoms with Crippen LogP contribution in [-0.4, -0.2) is 29.7 Å². The number of hydrogen-bond acceptors (Lipinski definition) is 6. The Bertz CT molecular complexity index is 817. The van der Waals surface area contributed by atoms with Crippen LogP contribution in [0.4, 0.5) is 11.5 Å². The van der Waals surface area contributed by atoms with E-state index in [-0.39, 0.29) is 0 Å². The van der Waals surface area contributed by atoms with Gasteiger partial charge in [-0.15, -0.1) is 0 Å². The Kier molecular flexibility index (Phi) is 3.49. The number of nitrogen functional groups attached to an aromatic ring is 1. The molecular formula is C18H19N5O. The maximum absolute atomic E-state index is 9.64. The van der Waals surface area contributed by atoms with Crippen LogP contribution in [0.2, 0.25) is 0 Å². The Labute approximate surface area is 140 Å². The van der Waals surface area contributed by atoms with Crippen molar-refractivity contribution in [1.82, 2.24) is 9.97 Å². The van der Waals surface area contributed by atoms with Crippen molar-refractivity contribution in [3.8, 4) is 23.1 Å². The minimum Gasteiger partial charge on any atom is -0.478 e. The molecule has 0 aliphatic carbocycles. The van der Waals surface area contributed by atoms with Crippen molar-refractivity contribution in [3.63, 3.8) is 0 Å². The van der Waals surface area contributed by atoms with E-state index in [0.29, 0.717) is 29.8 Å². The predicted octanol–water partition coefficient (Wildman–Crippen LogP) is 2.69. The van der Waals surface area contributed by atoms with Gasteiger partial charge in [-0.25, -0.2) is 9.97 Å². The van der Waals surface area contributed by atoms with E-state index in [9.17, 15) is 5.26 Å². The molecule has 1 saturated heterocycles. The van der Waals surface area contributed by atoms with Gasteiger partial charge in [0.2, 0.25) is 5.88 Å². The van der Waals surface area contributed by atoms with Crippen LogP contribution in [0.1, 0.15) is 36.9 Å². The first-order valence-corrected chi connectivity index (χ1v) is 8.30. The fourth-order valence-corrected chi connectivity index (χ4v) is 3.75. The smallest absolute Gasteiger partial charge is 0.213 e. The Balaban J connectivity index is 1.92. The van der Waals surface area contributed by atoms with Crippen LogP contribution in [0.5, 0.6) is 5.88 Å². The Morgan fingerprint density at radius 1 is 1.38 bits per heavy atom. The minimum absolute atomic E-state index is 0.314. The molecule has 0 unspecified atom stereocenters. The number of nitrogens with two attached hydrogens (primary N) is 1. The van der Waals surface area contributed by atoms with E-state index in [1.807, 2.05) is 19.1 Å². The third kappa shape index (κ3) is 2.16. The van der Waals surface area contributed by atoms with E-state index in [2.05, 4.69) is 20.9 Å². The molecule has 0 aromatic carbocycles. The van der Waals surface area contributed by atoms with Crippen LogP contribution in [0.25, 0.3) is 11.1 Å². The topological polar surface area (TPSA) is 88.1 Å². The van der Waals surface area contributed by atoms with Crippen molar-refractivity contribution in [2.24, 2.45) is 0 Å². The maximum atomic E-state index is 9.64. The molecule has 0 radical (unpaired) electrons. The highest BCUT2D eigenvalue weighted by Gasteiger charge is 2.36. The normalized spacial score (nSPS) is 15.9. The largest absolute Gasteiger partial charge is 0.478 e. The quantitative estimate of drug-likeness (QED) is 0.935. The van der Waals surface area contributed by atoms with E-state index in [1.54, 1.807) is 6.20 Å². The van der Waals surface area contributed by atoms with Gasteiger partial charge in [-0.1, -0.05) is 0 Å². The summed E-state index contributed by atoms with van der Waals surface area (Å²) in [6.07, 6.45) is 3.96. The summed E-state index contributed by atoms with van der Waals surface area (Å²) in [4.78, 5) is 11.2. The molecule has 2 bridgehead atoms. The number of aromatic nitrogens is 2. The highest BCUT2D eigenvalue weighted by molar-refractivity contribution is 5.89. The van der Waals surface area contributed by atoms with E-state index in [0.717, 1.165) is 48.4 Å². The predicted molar refractivity (Wildman–Crippen MR) is 92.0 cm³/mol. The molecule has 0 atom stereocenters. The second-order valence-corrected chi connectivity index (χ2v) is 6.17. The summed E-state index contributed by atoms with van der Waals surface area (Å²) in [5, 5.41) is 9.64. The summed E-state index contributed by atoms with van der Waals surface area (Å²) in [6.45, 7) is 4.51. The third-order valence-electron chi connectivity index (χ3n) is 4.85. The van der Waals surface area contributed by atoms with E-state index < -0.39 is 0 Å². The highest BCUT2D eigenvalue weighted by Crippen LogP contribution is 2.48. The summed E-state index contributed by atoms with van der Waals surface area (Å²) in [5.74, 6) is 1.33. The number of piperidine rings is 1. The Morgan fingerprint density at radius 2 is 2.17 bits per heavy atom. The van der Waals surface area contributed by atoms with Crippen molar-refractivity contribution in [2.45, 2.75) is 25.7 Å². The molecule has 0 saturated carbocycles. The SMILES string of the molecule is CCOc1ccc(-c2c(C#N)c(N)nc3c2N2CCC3CC2)cn1. The highest BCUT2D eigenvalue weighted by atomic mass is 16.5. The number of ether oxygens (including phenoxy) is 1. The molecule has 2 aromatic rings. The van der Waals surface area contributed by atoms with Crippen LogP contribution in [0.3, 0.4) is 0 Å². The lowest BCUT2D eigenvalue weighted by atomic mass is 9.83. The molecule has 6 nitrogen and oxygen atoms in total. The molecule has 5 heterocycles. The first kappa shape index (κ1) is 14.8. The van der Waals surface area contributed by atoms with Gasteiger partial charge in [-0.3, -0.25) is 0 Å². The second-order valence-electron chi connectivity index (χ2n) is 6.17. The third-order valence-corrected chi connectivity index (χ3v) is 4.85. The van der Waals surface area contributed by atoms with Gasteiger partial charge in [-0.2, -0.15) is 5.26 Å². The lowest BCUT2D eigenvalue weighted by Crippen LogP contribution is -2.40. The molecule has 6 heteroatoms. The minimum atomic E-state index is 0.314. The fourth-order valence-electron chi connectivity index (χ4n) is 3.75. The van der Waals surface area contributed by atoms with Crippen molar-refractivity contribution >= 4 is 11.5 Å². The van der Waals surface area contributed by atoms with Gasteiger partial charge < -0.3 is 15.4 Å². The van der Waals surface area contributed by atoms with Crippen LogP contribution < -0.4 is 15.4 Å². The van der Waals surface area contributed by atoms with Crippen molar-refractivity contribution in [3.05, 3.63) is 29.6 Å². The molecule has 122 valence electrons. The standard InChI is InChI=1S/C18H19N5O/c1-2-24-14-4-3-12(10-21-14)15-13(9-19)18(20)22-16-11-5-7-23(8-6-11)17(15)16/h3-4,10-11H,2,5-8H2,1H3,(H2,20,22). The van der Waals surface area contributed by atoms with E-state index in [4.69, 9.17) is 10.5 Å². The van der Waals surface area contributed by atoms with Crippen LogP contribution in [0, 0.1) is 11.3 Å². The van der Waals surface area contributed by atoms with E-state index in [1.165, 1.54) is 0 Å².